The molecule has 0 spiro atoms. The van der Waals surface area contributed by atoms with E-state index in [2.05, 4.69) is 36.1 Å². The maximum absolute atomic E-state index is 13.7. The van der Waals surface area contributed by atoms with Gasteiger partial charge in [0.25, 0.3) is 5.91 Å². The van der Waals surface area contributed by atoms with Crippen LogP contribution in [-0.2, 0) is 6.42 Å². The highest BCUT2D eigenvalue weighted by Gasteiger charge is 2.25. The zero-order valence-electron chi connectivity index (χ0n) is 23.6. The summed E-state index contributed by atoms with van der Waals surface area (Å²) in [5.41, 5.74) is 6.40. The van der Waals surface area contributed by atoms with Crippen molar-refractivity contribution >= 4 is 22.8 Å². The number of halogens is 1. The molecule has 41 heavy (non-hydrogen) atoms. The summed E-state index contributed by atoms with van der Waals surface area (Å²) < 4.78 is 15.5. The number of aryl methyl sites for hydroxylation is 3. The molecule has 1 saturated heterocycles. The predicted octanol–water partition coefficient (Wildman–Crippen LogP) is 5.82. The molecule has 2 aromatic heterocycles. The Morgan fingerprint density at radius 2 is 1.49 bits per heavy atom. The monoisotopic (exact) mass is 548 g/mol. The molecule has 0 saturated carbocycles. The van der Waals surface area contributed by atoms with E-state index in [0.717, 1.165) is 46.7 Å². The molecule has 3 aromatic carbocycles. The van der Waals surface area contributed by atoms with Gasteiger partial charge in [-0.2, -0.15) is 5.10 Å². The number of carbonyl (C=O) groups excluding carboxylic acids is 1. The lowest BCUT2D eigenvalue weighted by Crippen LogP contribution is -2.35. The summed E-state index contributed by atoms with van der Waals surface area (Å²) in [5.74, 6) is 1.27. The first-order valence-corrected chi connectivity index (χ1v) is 14.0. The molecule has 3 heterocycles. The fourth-order valence-electron chi connectivity index (χ4n) is 5.38. The zero-order valence-corrected chi connectivity index (χ0v) is 23.6. The quantitative estimate of drug-likeness (QED) is 0.277. The van der Waals surface area contributed by atoms with Gasteiger partial charge in [0.1, 0.15) is 17.5 Å². The number of rotatable bonds is 5. The van der Waals surface area contributed by atoms with Crippen LogP contribution in [0.25, 0.3) is 16.7 Å². The molecule has 0 aliphatic carbocycles. The summed E-state index contributed by atoms with van der Waals surface area (Å²) in [6, 6.07) is 22.4. The van der Waals surface area contributed by atoms with Crippen molar-refractivity contribution in [3.8, 4) is 5.69 Å². The first-order valence-electron chi connectivity index (χ1n) is 14.0. The number of carbonyl (C=O) groups is 1. The van der Waals surface area contributed by atoms with Crippen LogP contribution in [0, 0.1) is 26.6 Å². The third kappa shape index (κ3) is 5.55. The Kier molecular flexibility index (Phi) is 7.22. The number of amides is 1. The van der Waals surface area contributed by atoms with Crippen LogP contribution in [0.5, 0.6) is 0 Å². The standard InChI is InChI=1S/C33H33FN6O/c1-22-5-9-25(10-6-22)21-29-35-31(30-24(3)37-40(32(30)36-29)28-15-13-27(34)14-16-28)38-17-4-18-39(20-19-38)33(41)26-11-7-23(2)8-12-26/h5-16H,4,17-21H2,1-3H3. The van der Waals surface area contributed by atoms with E-state index < -0.39 is 0 Å². The SMILES string of the molecule is Cc1ccc(Cc2nc(N3CCCN(C(=O)c4ccc(C)cc4)CC3)c3c(C)nn(-c4ccc(F)cc4)c3n2)cc1. The van der Waals surface area contributed by atoms with E-state index in [9.17, 15) is 9.18 Å². The molecule has 8 heteroatoms. The molecule has 1 aliphatic rings. The summed E-state index contributed by atoms with van der Waals surface area (Å²) in [7, 11) is 0. The fraction of sp³-hybridized carbons (Fsp3) is 0.273. The second kappa shape index (κ2) is 11.1. The lowest BCUT2D eigenvalue weighted by molar-refractivity contribution is 0.0767. The summed E-state index contributed by atoms with van der Waals surface area (Å²) in [5, 5.41) is 5.69. The summed E-state index contributed by atoms with van der Waals surface area (Å²) in [4.78, 5) is 27.6. The van der Waals surface area contributed by atoms with Gasteiger partial charge in [0.15, 0.2) is 5.65 Å². The van der Waals surface area contributed by atoms with Gasteiger partial charge in [0, 0.05) is 38.2 Å². The van der Waals surface area contributed by atoms with Gasteiger partial charge in [-0.3, -0.25) is 4.79 Å². The molecular weight excluding hydrogens is 515 g/mol. The van der Waals surface area contributed by atoms with Crippen molar-refractivity contribution in [3.63, 3.8) is 0 Å². The molecule has 1 aliphatic heterocycles. The summed E-state index contributed by atoms with van der Waals surface area (Å²) in [6.45, 7) is 8.73. The van der Waals surface area contributed by atoms with E-state index in [1.54, 1.807) is 16.8 Å². The van der Waals surface area contributed by atoms with Crippen molar-refractivity contribution in [1.29, 1.82) is 0 Å². The molecule has 5 aromatic rings. The molecular formula is C33H33FN6O. The molecule has 1 amide bonds. The predicted molar refractivity (Wildman–Crippen MR) is 159 cm³/mol. The number of hydrogen-bond donors (Lipinski definition) is 0. The summed E-state index contributed by atoms with van der Waals surface area (Å²) in [6.07, 6.45) is 1.39. The lowest BCUT2D eigenvalue weighted by atomic mass is 10.1. The first-order chi connectivity index (χ1) is 19.9. The Morgan fingerprint density at radius 3 is 2.20 bits per heavy atom. The van der Waals surface area contributed by atoms with Crippen LogP contribution in [0.15, 0.2) is 72.8 Å². The Balaban J connectivity index is 1.38. The maximum Gasteiger partial charge on any atom is 0.253 e. The third-order valence-corrected chi connectivity index (χ3v) is 7.66. The molecule has 0 unspecified atom stereocenters. The lowest BCUT2D eigenvalue weighted by Gasteiger charge is -2.24. The van der Waals surface area contributed by atoms with Crippen molar-refractivity contribution in [2.45, 2.75) is 33.6 Å². The van der Waals surface area contributed by atoms with E-state index in [0.29, 0.717) is 43.1 Å². The second-order valence-electron chi connectivity index (χ2n) is 10.8. The Bertz CT molecular complexity index is 1690. The Hall–Kier alpha value is -4.59. The highest BCUT2D eigenvalue weighted by Crippen LogP contribution is 2.30. The number of fused-ring (bicyclic) bond motifs is 1. The topological polar surface area (TPSA) is 67.2 Å². The van der Waals surface area contributed by atoms with Gasteiger partial charge < -0.3 is 9.80 Å². The van der Waals surface area contributed by atoms with Crippen molar-refractivity contribution in [2.75, 3.05) is 31.1 Å². The molecule has 0 N–H and O–H groups in total. The Labute approximate surface area is 239 Å². The van der Waals surface area contributed by atoms with E-state index in [1.807, 2.05) is 43.0 Å². The van der Waals surface area contributed by atoms with Gasteiger partial charge >= 0.3 is 0 Å². The Morgan fingerprint density at radius 1 is 0.805 bits per heavy atom. The molecule has 7 nitrogen and oxygen atoms in total. The molecule has 208 valence electrons. The van der Waals surface area contributed by atoms with Crippen molar-refractivity contribution in [3.05, 3.63) is 112 Å². The van der Waals surface area contributed by atoms with Gasteiger partial charge in [-0.25, -0.2) is 19.0 Å². The van der Waals surface area contributed by atoms with Gasteiger partial charge in [0.2, 0.25) is 0 Å². The van der Waals surface area contributed by atoms with Crippen LogP contribution in [0.1, 0.15) is 45.0 Å². The number of anilines is 1. The number of nitrogens with zero attached hydrogens (tertiary/aromatic N) is 6. The van der Waals surface area contributed by atoms with E-state index in [1.165, 1.54) is 17.7 Å². The van der Waals surface area contributed by atoms with E-state index >= 15 is 0 Å². The average molecular weight is 549 g/mol. The van der Waals surface area contributed by atoms with Crippen molar-refractivity contribution in [1.82, 2.24) is 24.6 Å². The minimum absolute atomic E-state index is 0.0556. The number of aromatic nitrogens is 4. The minimum Gasteiger partial charge on any atom is -0.354 e. The number of hydrogen-bond acceptors (Lipinski definition) is 5. The summed E-state index contributed by atoms with van der Waals surface area (Å²) >= 11 is 0. The molecule has 0 bridgehead atoms. The third-order valence-electron chi connectivity index (χ3n) is 7.66. The van der Waals surface area contributed by atoms with Crippen LogP contribution in [-0.4, -0.2) is 56.7 Å². The smallest absolute Gasteiger partial charge is 0.253 e. The van der Waals surface area contributed by atoms with Gasteiger partial charge in [-0.15, -0.1) is 0 Å². The van der Waals surface area contributed by atoms with Crippen molar-refractivity contribution < 1.29 is 9.18 Å². The number of benzene rings is 3. The van der Waals surface area contributed by atoms with Crippen LogP contribution in [0.3, 0.4) is 0 Å². The van der Waals surface area contributed by atoms with Crippen LogP contribution >= 0.6 is 0 Å². The van der Waals surface area contributed by atoms with Crippen LogP contribution in [0.2, 0.25) is 0 Å². The zero-order chi connectivity index (χ0) is 28.5. The van der Waals surface area contributed by atoms with Gasteiger partial charge in [-0.05, 0) is 69.2 Å². The molecule has 1 fully saturated rings. The normalized spacial score (nSPS) is 14.0. The maximum atomic E-state index is 13.7. The average Bonchev–Trinajstić information content (AvgIpc) is 3.14. The minimum atomic E-state index is -0.299. The highest BCUT2D eigenvalue weighted by atomic mass is 19.1. The fourth-order valence-corrected chi connectivity index (χ4v) is 5.38. The van der Waals surface area contributed by atoms with Crippen molar-refractivity contribution in [2.24, 2.45) is 0 Å². The van der Waals surface area contributed by atoms with Crippen LogP contribution < -0.4 is 4.90 Å². The second-order valence-corrected chi connectivity index (χ2v) is 10.8. The highest BCUT2D eigenvalue weighted by molar-refractivity contribution is 5.94. The van der Waals surface area contributed by atoms with E-state index in [-0.39, 0.29) is 11.7 Å². The van der Waals surface area contributed by atoms with Crippen LogP contribution in [0.4, 0.5) is 10.2 Å². The van der Waals surface area contributed by atoms with Gasteiger partial charge in [0.05, 0.1) is 16.8 Å². The molecule has 0 atom stereocenters. The van der Waals surface area contributed by atoms with E-state index in [4.69, 9.17) is 15.1 Å². The molecule has 6 rings (SSSR count). The largest absolute Gasteiger partial charge is 0.354 e. The van der Waals surface area contributed by atoms with Gasteiger partial charge in [-0.1, -0.05) is 47.5 Å². The first kappa shape index (κ1) is 26.6. The molecule has 0 radical (unpaired) electrons.